The topological polar surface area (TPSA) is 45.2 Å². The molecule has 1 saturated heterocycles. The molecule has 4 aromatic rings. The summed E-state index contributed by atoms with van der Waals surface area (Å²) in [7, 11) is 0. The van der Waals surface area contributed by atoms with Gasteiger partial charge < -0.3 is 9.80 Å². The van der Waals surface area contributed by atoms with E-state index in [0.717, 1.165) is 33.9 Å². The molecule has 0 amide bonds. The first-order chi connectivity index (χ1) is 16.0. The number of piperazine rings is 1. The predicted octanol–water partition coefficient (Wildman–Crippen LogP) is 4.96. The van der Waals surface area contributed by atoms with Gasteiger partial charge in [-0.05, 0) is 35.9 Å². The number of fused-ring (bicyclic) bond motifs is 1. The number of alkyl halides is 3. The van der Waals surface area contributed by atoms with Crippen LogP contribution in [0.2, 0.25) is 0 Å². The summed E-state index contributed by atoms with van der Waals surface area (Å²) in [6, 6.07) is 17.6. The van der Waals surface area contributed by atoms with E-state index in [1.165, 1.54) is 12.1 Å². The van der Waals surface area contributed by atoms with Crippen LogP contribution in [0.3, 0.4) is 0 Å². The number of hydrogen-bond acceptors (Lipinski definition) is 5. The number of rotatable bonds is 4. The van der Waals surface area contributed by atoms with Crippen molar-refractivity contribution in [2.75, 3.05) is 36.0 Å². The normalized spacial score (nSPS) is 14.6. The molecule has 0 saturated carbocycles. The summed E-state index contributed by atoms with van der Waals surface area (Å²) in [4.78, 5) is 8.21. The van der Waals surface area contributed by atoms with Gasteiger partial charge in [0.2, 0.25) is 0 Å². The lowest BCUT2D eigenvalue weighted by atomic mass is 10.0. The molecule has 33 heavy (non-hydrogen) atoms. The van der Waals surface area contributed by atoms with E-state index in [0.29, 0.717) is 38.3 Å². The Balaban J connectivity index is 1.37. The number of aromatic nitrogens is 3. The Hall–Kier alpha value is -3.68. The van der Waals surface area contributed by atoms with E-state index in [9.17, 15) is 13.2 Å². The van der Waals surface area contributed by atoms with Crippen LogP contribution in [0.4, 0.5) is 24.7 Å². The summed E-state index contributed by atoms with van der Waals surface area (Å²) in [6.45, 7) is 2.52. The van der Waals surface area contributed by atoms with E-state index in [2.05, 4.69) is 32.2 Å². The van der Waals surface area contributed by atoms with Crippen LogP contribution < -0.4 is 9.80 Å². The molecule has 1 aliphatic rings. The van der Waals surface area contributed by atoms with Crippen molar-refractivity contribution in [1.82, 2.24) is 15.2 Å². The van der Waals surface area contributed by atoms with Crippen molar-refractivity contribution in [3.8, 4) is 0 Å². The van der Waals surface area contributed by atoms with Gasteiger partial charge in [0.1, 0.15) is 0 Å². The number of halogens is 3. The van der Waals surface area contributed by atoms with Crippen molar-refractivity contribution >= 4 is 22.3 Å². The van der Waals surface area contributed by atoms with Crippen LogP contribution >= 0.6 is 0 Å². The van der Waals surface area contributed by atoms with Gasteiger partial charge in [0, 0.05) is 61.5 Å². The Labute approximate surface area is 189 Å². The van der Waals surface area contributed by atoms with E-state index in [-0.39, 0.29) is 0 Å². The predicted molar refractivity (Wildman–Crippen MR) is 122 cm³/mol. The van der Waals surface area contributed by atoms with Gasteiger partial charge in [-0.2, -0.15) is 18.3 Å². The van der Waals surface area contributed by atoms with Crippen molar-refractivity contribution in [1.29, 1.82) is 0 Å². The Morgan fingerprint density at radius 2 is 1.45 bits per heavy atom. The van der Waals surface area contributed by atoms with Gasteiger partial charge in [-0.15, -0.1) is 5.10 Å². The van der Waals surface area contributed by atoms with Crippen LogP contribution in [0.5, 0.6) is 0 Å². The van der Waals surface area contributed by atoms with Gasteiger partial charge in [0.15, 0.2) is 5.82 Å². The maximum Gasteiger partial charge on any atom is 0.416 e. The zero-order valence-electron chi connectivity index (χ0n) is 17.8. The molecule has 0 spiro atoms. The highest BCUT2D eigenvalue weighted by Crippen LogP contribution is 2.33. The van der Waals surface area contributed by atoms with Crippen LogP contribution in [-0.4, -0.2) is 41.4 Å². The first kappa shape index (κ1) is 21.2. The molecule has 0 unspecified atom stereocenters. The first-order valence-electron chi connectivity index (χ1n) is 10.8. The fourth-order valence-electron chi connectivity index (χ4n) is 4.26. The molecule has 0 bridgehead atoms. The molecule has 0 aliphatic carbocycles. The third-order valence-corrected chi connectivity index (χ3v) is 5.98. The summed E-state index contributed by atoms with van der Waals surface area (Å²) >= 11 is 0. The molecule has 1 aliphatic heterocycles. The maximum absolute atomic E-state index is 13.1. The van der Waals surface area contributed by atoms with Gasteiger partial charge in [0.25, 0.3) is 0 Å². The summed E-state index contributed by atoms with van der Waals surface area (Å²) in [6.07, 6.45) is -0.142. The Bertz CT molecular complexity index is 1250. The number of benzene rings is 2. The van der Waals surface area contributed by atoms with Crippen molar-refractivity contribution in [2.24, 2.45) is 0 Å². The molecular formula is C25H22F3N5. The van der Waals surface area contributed by atoms with Gasteiger partial charge in [0.05, 0.1) is 11.3 Å². The van der Waals surface area contributed by atoms with Gasteiger partial charge in [-0.1, -0.05) is 30.3 Å². The average molecular weight is 449 g/mol. The van der Waals surface area contributed by atoms with Crippen LogP contribution in [0.1, 0.15) is 16.8 Å². The van der Waals surface area contributed by atoms with Crippen molar-refractivity contribution in [3.05, 3.63) is 89.9 Å². The molecule has 5 rings (SSSR count). The zero-order valence-corrected chi connectivity index (χ0v) is 17.8. The van der Waals surface area contributed by atoms with Crippen LogP contribution in [0, 0.1) is 0 Å². The first-order valence-corrected chi connectivity index (χ1v) is 10.8. The molecule has 3 heterocycles. The minimum absolute atomic E-state index is 0.591. The largest absolute Gasteiger partial charge is 0.416 e. The summed E-state index contributed by atoms with van der Waals surface area (Å²) in [5.41, 5.74) is 1.99. The standard InChI is InChI=1S/C25H22F3N5/c26-25(27,28)19-4-3-5-20(17-19)32-12-14-33(15-13-32)24-22-7-2-1-6-21(22)23(30-31-24)16-18-8-10-29-11-9-18/h1-11,17H,12-16H2. The third-order valence-electron chi connectivity index (χ3n) is 5.98. The SMILES string of the molecule is FC(F)(F)c1cccc(N2CCN(c3nnc(Cc4ccncc4)c4ccccc34)CC2)c1. The lowest BCUT2D eigenvalue weighted by Gasteiger charge is -2.37. The van der Waals surface area contributed by atoms with Gasteiger partial charge in [-0.3, -0.25) is 4.98 Å². The average Bonchev–Trinajstić information content (AvgIpc) is 2.85. The molecule has 2 aromatic carbocycles. The molecular weight excluding hydrogens is 427 g/mol. The third kappa shape index (κ3) is 4.46. The number of nitrogens with zero attached hydrogens (tertiary/aromatic N) is 5. The second-order valence-electron chi connectivity index (χ2n) is 8.07. The maximum atomic E-state index is 13.1. The van der Waals surface area contributed by atoms with Crippen LogP contribution in [-0.2, 0) is 12.6 Å². The van der Waals surface area contributed by atoms with E-state index in [1.807, 2.05) is 29.2 Å². The molecule has 0 atom stereocenters. The van der Waals surface area contributed by atoms with E-state index < -0.39 is 11.7 Å². The highest BCUT2D eigenvalue weighted by molar-refractivity contribution is 5.93. The Morgan fingerprint density at radius 3 is 2.18 bits per heavy atom. The van der Waals surface area contributed by atoms with E-state index in [4.69, 9.17) is 0 Å². The minimum Gasteiger partial charge on any atom is -0.368 e. The molecule has 1 fully saturated rings. The van der Waals surface area contributed by atoms with Crippen molar-refractivity contribution in [2.45, 2.75) is 12.6 Å². The van der Waals surface area contributed by atoms with Gasteiger partial charge in [-0.25, -0.2) is 0 Å². The molecule has 8 heteroatoms. The van der Waals surface area contributed by atoms with Crippen LogP contribution in [0.25, 0.3) is 10.8 Å². The zero-order chi connectivity index (χ0) is 22.8. The summed E-state index contributed by atoms with van der Waals surface area (Å²) in [5.74, 6) is 0.813. The smallest absolute Gasteiger partial charge is 0.368 e. The van der Waals surface area contributed by atoms with E-state index in [1.54, 1.807) is 18.5 Å². The molecule has 168 valence electrons. The minimum atomic E-state index is -4.34. The van der Waals surface area contributed by atoms with Crippen LogP contribution in [0.15, 0.2) is 73.1 Å². The summed E-state index contributed by atoms with van der Waals surface area (Å²) < 4.78 is 39.3. The fraction of sp³-hybridized carbons (Fsp3) is 0.240. The second kappa shape index (κ2) is 8.69. The Morgan fingerprint density at radius 1 is 0.758 bits per heavy atom. The lowest BCUT2D eigenvalue weighted by molar-refractivity contribution is -0.137. The number of hydrogen-bond donors (Lipinski definition) is 0. The second-order valence-corrected chi connectivity index (χ2v) is 8.07. The quantitative estimate of drug-likeness (QED) is 0.441. The summed E-state index contributed by atoms with van der Waals surface area (Å²) in [5, 5.41) is 11.2. The van der Waals surface area contributed by atoms with E-state index >= 15 is 0 Å². The van der Waals surface area contributed by atoms with Crippen molar-refractivity contribution < 1.29 is 13.2 Å². The molecule has 0 radical (unpaired) electrons. The van der Waals surface area contributed by atoms with Crippen molar-refractivity contribution in [3.63, 3.8) is 0 Å². The monoisotopic (exact) mass is 449 g/mol. The fourth-order valence-corrected chi connectivity index (χ4v) is 4.26. The molecule has 0 N–H and O–H groups in total. The number of pyridine rings is 1. The highest BCUT2D eigenvalue weighted by Gasteiger charge is 2.31. The Kier molecular flexibility index (Phi) is 5.58. The molecule has 5 nitrogen and oxygen atoms in total. The number of anilines is 2. The molecule has 2 aromatic heterocycles. The lowest BCUT2D eigenvalue weighted by Crippen LogP contribution is -2.47. The highest BCUT2D eigenvalue weighted by atomic mass is 19.4. The van der Waals surface area contributed by atoms with Gasteiger partial charge >= 0.3 is 6.18 Å².